The van der Waals surface area contributed by atoms with Gasteiger partial charge < -0.3 is 11.5 Å². The smallest absolute Gasteiger partial charge is 0.248 e. The third kappa shape index (κ3) is 2.07. The van der Waals surface area contributed by atoms with Crippen LogP contribution in [0.15, 0.2) is 54.7 Å². The summed E-state index contributed by atoms with van der Waals surface area (Å²) >= 11 is 0. The molecule has 0 saturated heterocycles. The SMILES string of the molecule is NC(=O)c1ccc(-c2ccc3ccnc(N)c3c2)cc1. The summed E-state index contributed by atoms with van der Waals surface area (Å²) < 4.78 is 0. The molecule has 0 saturated carbocycles. The van der Waals surface area contributed by atoms with Crippen LogP contribution in [-0.4, -0.2) is 10.9 Å². The molecule has 1 aromatic heterocycles. The average molecular weight is 263 g/mol. The molecule has 2 aromatic carbocycles. The summed E-state index contributed by atoms with van der Waals surface area (Å²) in [4.78, 5) is 15.2. The summed E-state index contributed by atoms with van der Waals surface area (Å²) in [6, 6.07) is 15.1. The van der Waals surface area contributed by atoms with E-state index >= 15 is 0 Å². The van der Waals surface area contributed by atoms with E-state index in [4.69, 9.17) is 11.5 Å². The molecule has 20 heavy (non-hydrogen) atoms. The Morgan fingerprint density at radius 1 is 0.950 bits per heavy atom. The number of pyridine rings is 1. The molecule has 0 unspecified atom stereocenters. The Morgan fingerprint density at radius 2 is 1.65 bits per heavy atom. The number of amides is 1. The Labute approximate surface area is 116 Å². The molecule has 4 nitrogen and oxygen atoms in total. The molecule has 4 N–H and O–H groups in total. The molecule has 0 aliphatic carbocycles. The van der Waals surface area contributed by atoms with E-state index in [-0.39, 0.29) is 0 Å². The largest absolute Gasteiger partial charge is 0.383 e. The van der Waals surface area contributed by atoms with Crippen LogP contribution in [0.2, 0.25) is 0 Å². The van der Waals surface area contributed by atoms with E-state index in [2.05, 4.69) is 4.98 Å². The van der Waals surface area contributed by atoms with Gasteiger partial charge in [-0.1, -0.05) is 24.3 Å². The molecule has 98 valence electrons. The van der Waals surface area contributed by atoms with Gasteiger partial charge in [0, 0.05) is 17.1 Å². The lowest BCUT2D eigenvalue weighted by molar-refractivity contribution is 0.100. The first kappa shape index (κ1) is 12.2. The normalized spacial score (nSPS) is 10.6. The first-order valence-electron chi connectivity index (χ1n) is 6.19. The lowest BCUT2D eigenvalue weighted by atomic mass is 10.0. The van der Waals surface area contributed by atoms with Crippen molar-refractivity contribution >= 4 is 22.5 Å². The van der Waals surface area contributed by atoms with Gasteiger partial charge in [0.2, 0.25) is 5.91 Å². The van der Waals surface area contributed by atoms with Crippen molar-refractivity contribution in [2.24, 2.45) is 5.73 Å². The second kappa shape index (κ2) is 4.66. The maximum absolute atomic E-state index is 11.1. The highest BCUT2D eigenvalue weighted by Crippen LogP contribution is 2.26. The highest BCUT2D eigenvalue weighted by Gasteiger charge is 2.04. The van der Waals surface area contributed by atoms with Gasteiger partial charge in [0.15, 0.2) is 0 Å². The van der Waals surface area contributed by atoms with E-state index in [1.54, 1.807) is 18.3 Å². The molecule has 1 heterocycles. The number of carbonyl (C=O) groups excluding carboxylic acids is 1. The highest BCUT2D eigenvalue weighted by molar-refractivity contribution is 5.95. The number of anilines is 1. The van der Waals surface area contributed by atoms with Crippen molar-refractivity contribution in [2.45, 2.75) is 0 Å². The number of hydrogen-bond donors (Lipinski definition) is 2. The Morgan fingerprint density at radius 3 is 2.35 bits per heavy atom. The number of aromatic nitrogens is 1. The average Bonchev–Trinajstić information content (AvgIpc) is 2.47. The van der Waals surface area contributed by atoms with Crippen molar-refractivity contribution in [3.63, 3.8) is 0 Å². The van der Waals surface area contributed by atoms with Gasteiger partial charge in [0.05, 0.1) is 0 Å². The zero-order valence-electron chi connectivity index (χ0n) is 10.7. The predicted octanol–water partition coefficient (Wildman–Crippen LogP) is 2.58. The maximum Gasteiger partial charge on any atom is 0.248 e. The fraction of sp³-hybridized carbons (Fsp3) is 0. The fourth-order valence-electron chi connectivity index (χ4n) is 2.20. The van der Waals surface area contributed by atoms with Crippen LogP contribution >= 0.6 is 0 Å². The maximum atomic E-state index is 11.1. The number of primary amides is 1. The topological polar surface area (TPSA) is 82.0 Å². The third-order valence-electron chi connectivity index (χ3n) is 3.30. The molecule has 4 heteroatoms. The molecule has 0 atom stereocenters. The van der Waals surface area contributed by atoms with Gasteiger partial charge in [-0.05, 0) is 40.8 Å². The summed E-state index contributed by atoms with van der Waals surface area (Å²) in [6.45, 7) is 0. The zero-order valence-corrected chi connectivity index (χ0v) is 10.7. The van der Waals surface area contributed by atoms with Crippen LogP contribution in [0.4, 0.5) is 5.82 Å². The number of rotatable bonds is 2. The van der Waals surface area contributed by atoms with E-state index in [0.29, 0.717) is 11.4 Å². The minimum atomic E-state index is -0.427. The van der Waals surface area contributed by atoms with E-state index in [9.17, 15) is 4.79 Å². The molecule has 0 radical (unpaired) electrons. The number of fused-ring (bicyclic) bond motifs is 1. The lowest BCUT2D eigenvalue weighted by Crippen LogP contribution is -2.10. The van der Waals surface area contributed by atoms with Crippen molar-refractivity contribution in [3.05, 3.63) is 60.3 Å². The minimum Gasteiger partial charge on any atom is -0.383 e. The third-order valence-corrected chi connectivity index (χ3v) is 3.30. The number of nitrogens with two attached hydrogens (primary N) is 2. The molecular weight excluding hydrogens is 250 g/mol. The second-order valence-corrected chi connectivity index (χ2v) is 4.57. The van der Waals surface area contributed by atoms with Crippen LogP contribution in [-0.2, 0) is 0 Å². The summed E-state index contributed by atoms with van der Waals surface area (Å²) in [5.41, 5.74) is 13.6. The molecule has 0 bridgehead atoms. The molecule has 0 fully saturated rings. The molecule has 3 aromatic rings. The van der Waals surface area contributed by atoms with Crippen LogP contribution in [0.1, 0.15) is 10.4 Å². The summed E-state index contributed by atoms with van der Waals surface area (Å²) in [5, 5.41) is 1.97. The quantitative estimate of drug-likeness (QED) is 0.745. The van der Waals surface area contributed by atoms with Crippen molar-refractivity contribution in [3.8, 4) is 11.1 Å². The molecular formula is C16H13N3O. The van der Waals surface area contributed by atoms with Crippen molar-refractivity contribution < 1.29 is 4.79 Å². The van der Waals surface area contributed by atoms with Crippen LogP contribution in [0.3, 0.4) is 0 Å². The van der Waals surface area contributed by atoms with E-state index in [1.165, 1.54) is 0 Å². The number of nitrogens with zero attached hydrogens (tertiary/aromatic N) is 1. The predicted molar refractivity (Wildman–Crippen MR) is 80.1 cm³/mol. The lowest BCUT2D eigenvalue weighted by Gasteiger charge is -2.06. The first-order chi connectivity index (χ1) is 9.65. The van der Waals surface area contributed by atoms with E-state index in [0.717, 1.165) is 21.9 Å². The molecule has 0 aliphatic rings. The Hall–Kier alpha value is -2.88. The highest BCUT2D eigenvalue weighted by atomic mass is 16.1. The van der Waals surface area contributed by atoms with Crippen molar-refractivity contribution in [1.82, 2.24) is 4.98 Å². The first-order valence-corrected chi connectivity index (χ1v) is 6.19. The summed E-state index contributed by atoms with van der Waals surface area (Å²) in [6.07, 6.45) is 1.69. The second-order valence-electron chi connectivity index (χ2n) is 4.57. The van der Waals surface area contributed by atoms with Gasteiger partial charge in [-0.15, -0.1) is 0 Å². The van der Waals surface area contributed by atoms with Crippen LogP contribution < -0.4 is 11.5 Å². The van der Waals surface area contributed by atoms with Gasteiger partial charge >= 0.3 is 0 Å². The Bertz CT molecular complexity index is 794. The zero-order chi connectivity index (χ0) is 14.1. The van der Waals surface area contributed by atoms with E-state index in [1.807, 2.05) is 36.4 Å². The van der Waals surface area contributed by atoms with Crippen LogP contribution in [0, 0.1) is 0 Å². The standard InChI is InChI=1S/C16H13N3O/c17-15-14-9-13(6-3-11(14)7-8-19-15)10-1-4-12(5-2-10)16(18)20/h1-9H,(H2,17,19)(H2,18,20). The Balaban J connectivity index is 2.10. The number of hydrogen-bond acceptors (Lipinski definition) is 3. The van der Waals surface area contributed by atoms with Crippen LogP contribution in [0.25, 0.3) is 21.9 Å². The van der Waals surface area contributed by atoms with E-state index < -0.39 is 5.91 Å². The van der Waals surface area contributed by atoms with Gasteiger partial charge in [0.25, 0.3) is 0 Å². The molecule has 1 amide bonds. The Kier molecular flexibility index (Phi) is 2.84. The van der Waals surface area contributed by atoms with Gasteiger partial charge in [-0.2, -0.15) is 0 Å². The summed E-state index contributed by atoms with van der Waals surface area (Å²) in [7, 11) is 0. The van der Waals surface area contributed by atoms with Crippen molar-refractivity contribution in [2.75, 3.05) is 5.73 Å². The number of nitrogen functional groups attached to an aromatic ring is 1. The monoisotopic (exact) mass is 263 g/mol. The molecule has 0 spiro atoms. The van der Waals surface area contributed by atoms with Gasteiger partial charge in [0.1, 0.15) is 5.82 Å². The minimum absolute atomic E-state index is 0.427. The van der Waals surface area contributed by atoms with Gasteiger partial charge in [-0.25, -0.2) is 4.98 Å². The van der Waals surface area contributed by atoms with Crippen LogP contribution in [0.5, 0.6) is 0 Å². The molecule has 0 aliphatic heterocycles. The fourth-order valence-corrected chi connectivity index (χ4v) is 2.20. The van der Waals surface area contributed by atoms with Gasteiger partial charge in [-0.3, -0.25) is 4.79 Å². The summed E-state index contributed by atoms with van der Waals surface area (Å²) in [5.74, 6) is 0.0848. The number of benzene rings is 2. The number of carbonyl (C=O) groups is 1. The van der Waals surface area contributed by atoms with Crippen molar-refractivity contribution in [1.29, 1.82) is 0 Å². The molecule has 3 rings (SSSR count).